The minimum Gasteiger partial charge on any atom is -0.309 e. The highest BCUT2D eigenvalue weighted by molar-refractivity contribution is 5.98. The summed E-state index contributed by atoms with van der Waals surface area (Å²) in [7, 11) is 1.78. The van der Waals surface area contributed by atoms with Gasteiger partial charge in [0.15, 0.2) is 5.78 Å². The van der Waals surface area contributed by atoms with Gasteiger partial charge in [0.05, 0.1) is 11.7 Å². The molecule has 16 heavy (non-hydrogen) atoms. The molecular weight excluding hydrogens is 206 g/mol. The van der Waals surface area contributed by atoms with Crippen LogP contribution in [0.15, 0.2) is 11.8 Å². The van der Waals surface area contributed by atoms with Crippen LogP contribution in [0.25, 0.3) is 0 Å². The van der Waals surface area contributed by atoms with Gasteiger partial charge in [-0.1, -0.05) is 6.08 Å². The first-order chi connectivity index (χ1) is 7.65. The molecule has 0 radical (unpaired) electrons. The zero-order chi connectivity index (χ0) is 11.7. The first-order valence-corrected chi connectivity index (χ1v) is 5.62. The molecule has 5 nitrogen and oxygen atoms in total. The average molecular weight is 223 g/mol. The molecule has 0 aromatic carbocycles. The summed E-state index contributed by atoms with van der Waals surface area (Å²) in [6, 6.07) is -0.169. The number of carbonyl (C=O) groups is 2. The van der Waals surface area contributed by atoms with E-state index in [1.807, 2.05) is 11.1 Å². The van der Waals surface area contributed by atoms with Crippen LogP contribution in [0, 0.1) is 0 Å². The van der Waals surface area contributed by atoms with Gasteiger partial charge in [-0.3, -0.25) is 9.59 Å². The van der Waals surface area contributed by atoms with Crippen LogP contribution < -0.4 is 5.32 Å². The summed E-state index contributed by atoms with van der Waals surface area (Å²) in [5, 5.41) is 6.51. The Balaban J connectivity index is 2.28. The number of hydrazine groups is 1. The van der Waals surface area contributed by atoms with Crippen molar-refractivity contribution in [2.45, 2.75) is 25.8 Å². The number of amides is 1. The van der Waals surface area contributed by atoms with Crippen LogP contribution >= 0.6 is 0 Å². The molecule has 0 aromatic rings. The maximum absolute atomic E-state index is 12.1. The average Bonchev–Trinajstić information content (AvgIpc) is 2.29. The normalized spacial score (nSPS) is 26.4. The highest BCUT2D eigenvalue weighted by Crippen LogP contribution is 2.23. The molecular formula is C11H17N3O2. The molecule has 2 aliphatic rings. The van der Waals surface area contributed by atoms with Gasteiger partial charge in [0.25, 0.3) is 5.91 Å². The molecule has 1 N–H and O–H groups in total. The number of hydrogen-bond donors (Lipinski definition) is 1. The number of rotatable bonds is 2. The highest BCUT2D eigenvalue weighted by Gasteiger charge is 2.37. The maximum Gasteiger partial charge on any atom is 0.258 e. The Hall–Kier alpha value is -1.20. The molecule has 88 valence electrons. The molecule has 1 amide bonds. The molecule has 2 aliphatic heterocycles. The van der Waals surface area contributed by atoms with Crippen molar-refractivity contribution in [3.8, 4) is 0 Å². The Morgan fingerprint density at radius 2 is 2.25 bits per heavy atom. The van der Waals surface area contributed by atoms with Crippen LogP contribution in [-0.2, 0) is 9.59 Å². The van der Waals surface area contributed by atoms with Gasteiger partial charge in [-0.05, 0) is 19.9 Å². The van der Waals surface area contributed by atoms with Gasteiger partial charge in [-0.15, -0.1) is 0 Å². The maximum atomic E-state index is 12.1. The summed E-state index contributed by atoms with van der Waals surface area (Å²) in [5.74, 6) is -0.0651. The van der Waals surface area contributed by atoms with Crippen molar-refractivity contribution in [2.75, 3.05) is 20.1 Å². The predicted octanol–water partition coefficient (Wildman–Crippen LogP) is -0.0997. The minimum absolute atomic E-state index is 0.0186. The van der Waals surface area contributed by atoms with Crippen molar-refractivity contribution in [3.05, 3.63) is 11.8 Å². The summed E-state index contributed by atoms with van der Waals surface area (Å²) >= 11 is 0. The number of nitrogens with one attached hydrogen (secondary N) is 1. The van der Waals surface area contributed by atoms with E-state index in [4.69, 9.17) is 0 Å². The van der Waals surface area contributed by atoms with Crippen molar-refractivity contribution < 1.29 is 9.59 Å². The lowest BCUT2D eigenvalue weighted by atomic mass is 10.1. The molecule has 0 saturated carbocycles. The van der Waals surface area contributed by atoms with Crippen LogP contribution in [0.2, 0.25) is 0 Å². The number of nitrogens with zero attached hydrogens (tertiary/aromatic N) is 2. The number of carbonyl (C=O) groups excluding carboxylic acids is 2. The molecule has 0 bridgehead atoms. The van der Waals surface area contributed by atoms with E-state index in [-0.39, 0.29) is 17.7 Å². The summed E-state index contributed by atoms with van der Waals surface area (Å²) in [4.78, 5) is 23.6. The number of allylic oxidation sites excluding steroid dienone is 1. The smallest absolute Gasteiger partial charge is 0.258 e. The van der Waals surface area contributed by atoms with Gasteiger partial charge in [0.2, 0.25) is 0 Å². The van der Waals surface area contributed by atoms with Gasteiger partial charge in [-0.25, -0.2) is 10.0 Å². The van der Waals surface area contributed by atoms with Gasteiger partial charge >= 0.3 is 0 Å². The molecule has 5 heteroatoms. The van der Waals surface area contributed by atoms with E-state index in [0.717, 1.165) is 25.9 Å². The van der Waals surface area contributed by atoms with Crippen LogP contribution in [-0.4, -0.2) is 47.9 Å². The number of ketones is 1. The van der Waals surface area contributed by atoms with Crippen molar-refractivity contribution >= 4 is 11.7 Å². The van der Waals surface area contributed by atoms with Crippen molar-refractivity contribution in [1.82, 2.24) is 15.3 Å². The fraction of sp³-hybridized carbons (Fsp3) is 0.636. The molecule has 1 atom stereocenters. The standard InChI is InChI=1S/C11H17N3O2/c1-8(15)10-4-3-6-13-7-5-9(12-2)11(16)14(10)13/h4,9,12H,3,5-7H2,1-2H3. The van der Waals surface area contributed by atoms with E-state index in [2.05, 4.69) is 5.32 Å². The number of fused-ring (bicyclic) bond motifs is 1. The summed E-state index contributed by atoms with van der Waals surface area (Å²) in [6.45, 7) is 3.15. The third-order valence-corrected chi connectivity index (χ3v) is 3.13. The molecule has 0 aromatic heterocycles. The second-order valence-electron chi connectivity index (χ2n) is 4.17. The van der Waals surface area contributed by atoms with E-state index in [9.17, 15) is 9.59 Å². The Bertz CT molecular complexity index is 351. The van der Waals surface area contributed by atoms with E-state index in [0.29, 0.717) is 5.70 Å². The molecule has 2 rings (SSSR count). The van der Waals surface area contributed by atoms with E-state index < -0.39 is 0 Å². The van der Waals surface area contributed by atoms with Gasteiger partial charge in [0, 0.05) is 20.0 Å². The highest BCUT2D eigenvalue weighted by atomic mass is 16.2. The quantitative estimate of drug-likeness (QED) is 0.710. The largest absolute Gasteiger partial charge is 0.309 e. The van der Waals surface area contributed by atoms with Gasteiger partial charge in [0.1, 0.15) is 0 Å². The van der Waals surface area contributed by atoms with Crippen molar-refractivity contribution in [2.24, 2.45) is 0 Å². The monoisotopic (exact) mass is 223 g/mol. The third kappa shape index (κ3) is 1.76. The lowest BCUT2D eigenvalue weighted by Crippen LogP contribution is -2.60. The molecule has 0 aliphatic carbocycles. The van der Waals surface area contributed by atoms with Crippen LogP contribution in [0.1, 0.15) is 19.8 Å². The van der Waals surface area contributed by atoms with Crippen molar-refractivity contribution in [3.63, 3.8) is 0 Å². The molecule has 1 fully saturated rings. The second kappa shape index (κ2) is 4.35. The fourth-order valence-electron chi connectivity index (χ4n) is 2.27. The molecule has 2 heterocycles. The van der Waals surface area contributed by atoms with Gasteiger partial charge < -0.3 is 5.32 Å². The number of Topliss-reactive ketones (excluding diaryl/α,β-unsaturated/α-hetero) is 1. The molecule has 1 unspecified atom stereocenters. The first-order valence-electron chi connectivity index (χ1n) is 5.62. The zero-order valence-corrected chi connectivity index (χ0v) is 9.69. The van der Waals surface area contributed by atoms with E-state index >= 15 is 0 Å². The van der Waals surface area contributed by atoms with Crippen molar-refractivity contribution in [1.29, 1.82) is 0 Å². The SMILES string of the molecule is CNC1CCN2CCC=C(C(C)=O)N2C1=O. The van der Waals surface area contributed by atoms with E-state index in [1.54, 1.807) is 12.1 Å². The zero-order valence-electron chi connectivity index (χ0n) is 9.69. The van der Waals surface area contributed by atoms with Gasteiger partial charge in [-0.2, -0.15) is 0 Å². The van der Waals surface area contributed by atoms with Crippen LogP contribution in [0.4, 0.5) is 0 Å². The Morgan fingerprint density at radius 3 is 2.88 bits per heavy atom. The lowest BCUT2D eigenvalue weighted by Gasteiger charge is -2.43. The second-order valence-corrected chi connectivity index (χ2v) is 4.17. The van der Waals surface area contributed by atoms with E-state index in [1.165, 1.54) is 6.92 Å². The number of hydrogen-bond acceptors (Lipinski definition) is 4. The van der Waals surface area contributed by atoms with Crippen LogP contribution in [0.3, 0.4) is 0 Å². The first kappa shape index (κ1) is 11.3. The fourth-order valence-corrected chi connectivity index (χ4v) is 2.27. The summed E-state index contributed by atoms with van der Waals surface area (Å²) < 4.78 is 0. The minimum atomic E-state index is -0.169. The predicted molar refractivity (Wildman–Crippen MR) is 59.3 cm³/mol. The van der Waals surface area contributed by atoms with Crippen LogP contribution in [0.5, 0.6) is 0 Å². The topological polar surface area (TPSA) is 52.7 Å². The Morgan fingerprint density at radius 1 is 1.50 bits per heavy atom. The molecule has 0 spiro atoms. The Labute approximate surface area is 95.1 Å². The summed E-state index contributed by atoms with van der Waals surface area (Å²) in [6.07, 6.45) is 3.49. The Kier molecular flexibility index (Phi) is 3.07. The molecule has 1 saturated heterocycles. The number of likely N-dealkylation sites (N-methyl/N-ethyl adjacent to an activating group) is 1. The summed E-state index contributed by atoms with van der Waals surface area (Å²) in [5.41, 5.74) is 0.524. The lowest BCUT2D eigenvalue weighted by molar-refractivity contribution is -0.156. The third-order valence-electron chi connectivity index (χ3n) is 3.13.